The first-order valence-electron chi connectivity index (χ1n) is 6.35. The second kappa shape index (κ2) is 5.37. The molecule has 3 nitrogen and oxygen atoms in total. The first-order chi connectivity index (χ1) is 9.29. The third-order valence-corrected chi connectivity index (χ3v) is 3.25. The van der Waals surface area contributed by atoms with Crippen LogP contribution in [0.25, 0.3) is 0 Å². The molecule has 2 rings (SSSR count). The highest BCUT2D eigenvalue weighted by Crippen LogP contribution is 2.28. The van der Waals surface area contributed by atoms with Crippen LogP contribution in [0.4, 0.5) is 15.9 Å². The quantitative estimate of drug-likeness (QED) is 0.821. The Hall–Kier alpha value is -1.68. The van der Waals surface area contributed by atoms with Crippen LogP contribution in [0.2, 0.25) is 5.15 Å². The molecule has 0 amide bonds. The van der Waals surface area contributed by atoms with E-state index < -0.39 is 0 Å². The van der Waals surface area contributed by atoms with Crippen LogP contribution in [0.1, 0.15) is 32.2 Å². The summed E-state index contributed by atoms with van der Waals surface area (Å²) in [6.07, 6.45) is 0. The zero-order valence-electron chi connectivity index (χ0n) is 12.0. The van der Waals surface area contributed by atoms with Crippen molar-refractivity contribution >= 4 is 23.1 Å². The molecule has 1 aromatic heterocycles. The molecule has 0 radical (unpaired) electrons. The fourth-order valence-corrected chi connectivity index (χ4v) is 1.81. The minimum atomic E-state index is -0.334. The summed E-state index contributed by atoms with van der Waals surface area (Å²) in [7, 11) is 0. The summed E-state index contributed by atoms with van der Waals surface area (Å²) in [6.45, 7) is 7.81. The molecule has 1 N–H and O–H groups in total. The van der Waals surface area contributed by atoms with Gasteiger partial charge in [-0.2, -0.15) is 0 Å². The molecule has 20 heavy (non-hydrogen) atoms. The van der Waals surface area contributed by atoms with Crippen molar-refractivity contribution in [2.75, 3.05) is 5.32 Å². The van der Waals surface area contributed by atoms with Crippen LogP contribution in [0.3, 0.4) is 0 Å². The van der Waals surface area contributed by atoms with Crippen LogP contribution >= 0.6 is 11.6 Å². The van der Waals surface area contributed by atoms with E-state index >= 15 is 0 Å². The van der Waals surface area contributed by atoms with Crippen LogP contribution in [-0.4, -0.2) is 9.97 Å². The smallest absolute Gasteiger partial charge is 0.146 e. The van der Waals surface area contributed by atoms with Crippen LogP contribution < -0.4 is 5.32 Å². The second-order valence-electron chi connectivity index (χ2n) is 5.67. The first-order valence-corrected chi connectivity index (χ1v) is 6.73. The van der Waals surface area contributed by atoms with E-state index in [1.807, 2.05) is 20.8 Å². The Balaban J connectivity index is 2.46. The molecule has 0 aliphatic rings. The molecule has 0 unspecified atom stereocenters. The Bertz CT molecular complexity index is 636. The lowest BCUT2D eigenvalue weighted by atomic mass is 9.95. The third-order valence-electron chi connectivity index (χ3n) is 2.88. The number of anilines is 2. The Morgan fingerprint density at radius 3 is 2.40 bits per heavy atom. The van der Waals surface area contributed by atoms with Gasteiger partial charge in [0.15, 0.2) is 0 Å². The molecule has 1 aromatic carbocycles. The number of rotatable bonds is 2. The standard InChI is InChI=1S/C15H17ClFN3/c1-9-12(16)19-14(15(2,3)4)20-13(9)18-11-8-6-5-7-10(11)17/h5-8H,1-4H3,(H,18,19,20). The number of benzene rings is 1. The average molecular weight is 294 g/mol. The number of halogens is 2. The summed E-state index contributed by atoms with van der Waals surface area (Å²) in [5.74, 6) is 0.811. The predicted molar refractivity (Wildman–Crippen MR) is 80.2 cm³/mol. The van der Waals surface area contributed by atoms with Gasteiger partial charge >= 0.3 is 0 Å². The predicted octanol–water partition coefficient (Wildman–Crippen LogP) is 4.62. The summed E-state index contributed by atoms with van der Waals surface area (Å²) in [4.78, 5) is 8.76. The highest BCUT2D eigenvalue weighted by Gasteiger charge is 2.21. The van der Waals surface area contributed by atoms with Crippen LogP contribution in [0.15, 0.2) is 24.3 Å². The average Bonchev–Trinajstić information content (AvgIpc) is 2.36. The lowest BCUT2D eigenvalue weighted by molar-refractivity contribution is 0.545. The highest BCUT2D eigenvalue weighted by atomic mass is 35.5. The van der Waals surface area contributed by atoms with E-state index in [0.29, 0.717) is 28.0 Å². The SMILES string of the molecule is Cc1c(Cl)nc(C(C)(C)C)nc1Nc1ccccc1F. The van der Waals surface area contributed by atoms with Crippen LogP contribution in [0, 0.1) is 12.7 Å². The van der Waals surface area contributed by atoms with Gasteiger partial charge in [0.05, 0.1) is 5.69 Å². The van der Waals surface area contributed by atoms with Gasteiger partial charge in [0, 0.05) is 11.0 Å². The van der Waals surface area contributed by atoms with Gasteiger partial charge in [-0.3, -0.25) is 0 Å². The van der Waals surface area contributed by atoms with Gasteiger partial charge in [0.1, 0.15) is 22.6 Å². The molecule has 0 saturated carbocycles. The van der Waals surface area contributed by atoms with Gasteiger partial charge in [-0.1, -0.05) is 44.5 Å². The molecule has 0 aliphatic carbocycles. The van der Waals surface area contributed by atoms with Crippen molar-refractivity contribution in [1.82, 2.24) is 9.97 Å². The molecule has 106 valence electrons. The number of hydrogen-bond acceptors (Lipinski definition) is 3. The van der Waals surface area contributed by atoms with E-state index in [2.05, 4.69) is 15.3 Å². The molecule has 0 atom stereocenters. The number of nitrogens with one attached hydrogen (secondary N) is 1. The summed E-state index contributed by atoms with van der Waals surface area (Å²) in [5.41, 5.74) is 0.830. The normalized spacial score (nSPS) is 11.5. The molecule has 0 spiro atoms. The fourth-order valence-electron chi connectivity index (χ4n) is 1.64. The Labute approximate surface area is 123 Å². The lowest BCUT2D eigenvalue weighted by Gasteiger charge is -2.19. The number of hydrogen-bond donors (Lipinski definition) is 1. The zero-order chi connectivity index (χ0) is 14.9. The van der Waals surface area contributed by atoms with E-state index in [4.69, 9.17) is 11.6 Å². The topological polar surface area (TPSA) is 37.8 Å². The van der Waals surface area contributed by atoms with Crippen molar-refractivity contribution in [3.8, 4) is 0 Å². The van der Waals surface area contributed by atoms with Gasteiger partial charge in [-0.15, -0.1) is 0 Å². The summed E-state index contributed by atoms with van der Waals surface area (Å²) < 4.78 is 13.7. The van der Waals surface area contributed by atoms with Gasteiger partial charge in [-0.05, 0) is 19.1 Å². The third kappa shape index (κ3) is 3.07. The molecule has 2 aromatic rings. The monoisotopic (exact) mass is 293 g/mol. The van der Waals surface area contributed by atoms with E-state index in [0.717, 1.165) is 0 Å². The largest absolute Gasteiger partial charge is 0.337 e. The van der Waals surface area contributed by atoms with E-state index in [1.165, 1.54) is 6.07 Å². The Morgan fingerprint density at radius 1 is 1.15 bits per heavy atom. The minimum Gasteiger partial charge on any atom is -0.337 e. The lowest BCUT2D eigenvalue weighted by Crippen LogP contribution is -2.17. The summed E-state index contributed by atoms with van der Waals surface area (Å²) in [5, 5.41) is 3.36. The van der Waals surface area contributed by atoms with Gasteiger partial charge < -0.3 is 5.32 Å². The molecule has 0 bridgehead atoms. The Kier molecular flexibility index (Phi) is 3.95. The molecular weight excluding hydrogens is 277 g/mol. The van der Waals surface area contributed by atoms with Crippen molar-refractivity contribution in [3.05, 3.63) is 46.6 Å². The Morgan fingerprint density at radius 2 is 1.80 bits per heavy atom. The van der Waals surface area contributed by atoms with E-state index in [-0.39, 0.29) is 11.2 Å². The van der Waals surface area contributed by atoms with E-state index in [1.54, 1.807) is 25.1 Å². The molecule has 5 heteroatoms. The van der Waals surface area contributed by atoms with Crippen molar-refractivity contribution in [1.29, 1.82) is 0 Å². The maximum atomic E-state index is 13.7. The second-order valence-corrected chi connectivity index (χ2v) is 6.02. The first kappa shape index (κ1) is 14.7. The minimum absolute atomic E-state index is 0.233. The van der Waals surface area contributed by atoms with Gasteiger partial charge in [0.25, 0.3) is 0 Å². The van der Waals surface area contributed by atoms with Crippen molar-refractivity contribution in [2.45, 2.75) is 33.1 Å². The maximum Gasteiger partial charge on any atom is 0.146 e. The van der Waals surface area contributed by atoms with Gasteiger partial charge in [-0.25, -0.2) is 14.4 Å². The highest BCUT2D eigenvalue weighted by molar-refractivity contribution is 6.30. The summed E-state index contributed by atoms with van der Waals surface area (Å²) >= 11 is 6.15. The summed E-state index contributed by atoms with van der Waals surface area (Å²) in [6, 6.07) is 6.45. The molecule has 1 heterocycles. The van der Waals surface area contributed by atoms with E-state index in [9.17, 15) is 4.39 Å². The number of para-hydroxylation sites is 1. The van der Waals surface area contributed by atoms with Crippen LogP contribution in [-0.2, 0) is 5.41 Å². The molecule has 0 saturated heterocycles. The molecular formula is C15H17ClFN3. The number of aromatic nitrogens is 2. The van der Waals surface area contributed by atoms with Crippen molar-refractivity contribution in [2.24, 2.45) is 0 Å². The molecule has 0 aliphatic heterocycles. The van der Waals surface area contributed by atoms with Gasteiger partial charge in [0.2, 0.25) is 0 Å². The zero-order valence-corrected chi connectivity index (χ0v) is 12.7. The fraction of sp³-hybridized carbons (Fsp3) is 0.333. The number of nitrogens with zero attached hydrogens (tertiary/aromatic N) is 2. The maximum absolute atomic E-state index is 13.7. The van der Waals surface area contributed by atoms with Crippen molar-refractivity contribution in [3.63, 3.8) is 0 Å². The van der Waals surface area contributed by atoms with Crippen molar-refractivity contribution < 1.29 is 4.39 Å². The van der Waals surface area contributed by atoms with Crippen LogP contribution in [0.5, 0.6) is 0 Å². The molecule has 0 fully saturated rings.